The van der Waals surface area contributed by atoms with Crippen LogP contribution in [0.2, 0.25) is 0 Å². The highest BCUT2D eigenvalue weighted by Crippen LogP contribution is 1.98. The average Bonchev–Trinajstić information content (AvgIpc) is 2.21. The van der Waals surface area contributed by atoms with Crippen LogP contribution in [-0.2, 0) is 4.79 Å². The topological polar surface area (TPSA) is 37.3 Å². The number of hydrogen-bond donors (Lipinski definition) is 1. The maximum atomic E-state index is 10.1. The van der Waals surface area contributed by atoms with Gasteiger partial charge in [0.15, 0.2) is 0 Å². The van der Waals surface area contributed by atoms with Crippen LogP contribution < -0.4 is 0 Å². The molecule has 2 nitrogen and oxygen atoms in total. The van der Waals surface area contributed by atoms with Crippen LogP contribution in [-0.4, -0.2) is 11.1 Å². The van der Waals surface area contributed by atoms with Crippen LogP contribution in [0, 0.1) is 0 Å². The van der Waals surface area contributed by atoms with Crippen molar-refractivity contribution in [2.24, 2.45) is 0 Å². The van der Waals surface area contributed by atoms with E-state index < -0.39 is 5.97 Å². The molecule has 0 bridgehead atoms. The molecule has 0 saturated heterocycles. The summed E-state index contributed by atoms with van der Waals surface area (Å²) in [5, 5.41) is 8.32. The molecule has 0 atom stereocenters. The van der Waals surface area contributed by atoms with Gasteiger partial charge in [0.25, 0.3) is 0 Å². The molecule has 0 fully saturated rings. The molecule has 0 heterocycles. The lowest BCUT2D eigenvalue weighted by molar-refractivity contribution is -0.131. The van der Waals surface area contributed by atoms with Gasteiger partial charge in [-0.25, -0.2) is 4.79 Å². The molecule has 0 saturated carbocycles. The number of carboxylic acid groups (broad SMARTS) is 1. The van der Waals surface area contributed by atoms with Gasteiger partial charge in [0.2, 0.25) is 0 Å². The van der Waals surface area contributed by atoms with Gasteiger partial charge in [-0.2, -0.15) is 0 Å². The number of allylic oxidation sites excluding steroid dienone is 6. The van der Waals surface area contributed by atoms with Crippen LogP contribution in [0.15, 0.2) is 48.6 Å². The van der Waals surface area contributed by atoms with E-state index in [9.17, 15) is 4.79 Å². The van der Waals surface area contributed by atoms with Crippen LogP contribution in [0.3, 0.4) is 0 Å². The summed E-state index contributed by atoms with van der Waals surface area (Å²) in [7, 11) is 0. The molecule has 0 radical (unpaired) electrons. The lowest BCUT2D eigenvalue weighted by Gasteiger charge is -1.87. The van der Waals surface area contributed by atoms with Crippen molar-refractivity contribution in [2.45, 2.75) is 20.8 Å². The smallest absolute Gasteiger partial charge is 0.328 e. The Bertz CT molecular complexity index is 245. The second kappa shape index (κ2) is 11.4. The van der Waals surface area contributed by atoms with Crippen molar-refractivity contribution >= 4 is 5.97 Å². The van der Waals surface area contributed by atoms with E-state index in [0.717, 1.165) is 11.6 Å². The Morgan fingerprint density at radius 1 is 1.29 bits per heavy atom. The second-order valence-electron chi connectivity index (χ2n) is 2.07. The third kappa shape index (κ3) is 10.4. The molecule has 0 spiro atoms. The van der Waals surface area contributed by atoms with Crippen molar-refractivity contribution in [1.82, 2.24) is 0 Å². The van der Waals surface area contributed by atoms with Crippen molar-refractivity contribution in [3.63, 3.8) is 0 Å². The summed E-state index contributed by atoms with van der Waals surface area (Å²) < 4.78 is 0. The van der Waals surface area contributed by atoms with Crippen molar-refractivity contribution in [1.29, 1.82) is 0 Å². The number of hydrogen-bond acceptors (Lipinski definition) is 1. The van der Waals surface area contributed by atoms with Crippen LogP contribution in [0.25, 0.3) is 0 Å². The van der Waals surface area contributed by atoms with E-state index in [2.05, 4.69) is 6.58 Å². The minimum Gasteiger partial charge on any atom is -0.478 e. The molecule has 14 heavy (non-hydrogen) atoms. The fourth-order valence-corrected chi connectivity index (χ4v) is 0.566. The monoisotopic (exact) mass is 194 g/mol. The third-order valence-electron chi connectivity index (χ3n) is 1.14. The Morgan fingerprint density at radius 3 is 2.21 bits per heavy atom. The van der Waals surface area contributed by atoms with Gasteiger partial charge in [-0.1, -0.05) is 44.7 Å². The van der Waals surface area contributed by atoms with E-state index in [1.54, 1.807) is 12.2 Å². The highest BCUT2D eigenvalue weighted by molar-refractivity contribution is 5.80. The standard InChI is InChI=1S/C10H12O2.C2H6/c1-3-5-6-9(4-2)7-8-10(11)12;1-2/h3-8H,2H2,1H3,(H,11,12);1-2H3/b5-3-,8-7+,9-6+;. The van der Waals surface area contributed by atoms with Gasteiger partial charge >= 0.3 is 5.97 Å². The summed E-state index contributed by atoms with van der Waals surface area (Å²) in [4.78, 5) is 10.1. The van der Waals surface area contributed by atoms with E-state index >= 15 is 0 Å². The van der Waals surface area contributed by atoms with Gasteiger partial charge in [0.1, 0.15) is 0 Å². The quantitative estimate of drug-likeness (QED) is 0.550. The fourth-order valence-electron chi connectivity index (χ4n) is 0.566. The Labute approximate surface area is 86.0 Å². The first-order valence-corrected chi connectivity index (χ1v) is 4.57. The average molecular weight is 194 g/mol. The molecule has 78 valence electrons. The summed E-state index contributed by atoms with van der Waals surface area (Å²) in [5.41, 5.74) is 0.774. The minimum absolute atomic E-state index is 0.774. The first kappa shape index (κ1) is 14.9. The fraction of sp³-hybridized carbons (Fsp3) is 0.250. The van der Waals surface area contributed by atoms with E-state index in [4.69, 9.17) is 5.11 Å². The van der Waals surface area contributed by atoms with Crippen LogP contribution in [0.5, 0.6) is 0 Å². The number of carbonyl (C=O) groups is 1. The Morgan fingerprint density at radius 2 is 1.86 bits per heavy atom. The van der Waals surface area contributed by atoms with Crippen molar-refractivity contribution in [2.75, 3.05) is 0 Å². The molecule has 0 rings (SSSR count). The van der Waals surface area contributed by atoms with Crippen LogP contribution >= 0.6 is 0 Å². The maximum absolute atomic E-state index is 10.1. The Balaban J connectivity index is 0. The number of rotatable bonds is 4. The summed E-state index contributed by atoms with van der Waals surface area (Å²) in [6, 6.07) is 0. The first-order chi connectivity index (χ1) is 6.70. The van der Waals surface area contributed by atoms with Gasteiger partial charge in [-0.05, 0) is 18.6 Å². The summed E-state index contributed by atoms with van der Waals surface area (Å²) in [6.45, 7) is 9.43. The molecule has 0 aromatic rings. The molecule has 0 aromatic heterocycles. The molecular weight excluding hydrogens is 176 g/mol. The number of carboxylic acids is 1. The zero-order valence-electron chi connectivity index (χ0n) is 9.03. The summed E-state index contributed by atoms with van der Waals surface area (Å²) in [6.07, 6.45) is 9.64. The lowest BCUT2D eigenvalue weighted by atomic mass is 10.2. The van der Waals surface area contributed by atoms with E-state index in [0.29, 0.717) is 0 Å². The van der Waals surface area contributed by atoms with Crippen molar-refractivity contribution in [3.8, 4) is 0 Å². The molecule has 2 heteroatoms. The number of aliphatic carboxylic acids is 1. The molecule has 1 N–H and O–H groups in total. The molecule has 0 amide bonds. The first-order valence-electron chi connectivity index (χ1n) is 4.57. The van der Waals surface area contributed by atoms with Gasteiger partial charge in [0, 0.05) is 6.08 Å². The van der Waals surface area contributed by atoms with Crippen LogP contribution in [0.4, 0.5) is 0 Å². The van der Waals surface area contributed by atoms with Gasteiger partial charge in [-0.3, -0.25) is 0 Å². The molecule has 0 aliphatic carbocycles. The largest absolute Gasteiger partial charge is 0.478 e. The lowest BCUT2D eigenvalue weighted by Crippen LogP contribution is -1.85. The molecule has 0 aliphatic rings. The Hall–Kier alpha value is -1.57. The molecule has 0 aliphatic heterocycles. The van der Waals surface area contributed by atoms with E-state index in [1.165, 1.54) is 6.08 Å². The summed E-state index contributed by atoms with van der Waals surface area (Å²) >= 11 is 0. The Kier molecular flexibility index (Phi) is 12.2. The van der Waals surface area contributed by atoms with E-state index in [-0.39, 0.29) is 0 Å². The van der Waals surface area contributed by atoms with Crippen molar-refractivity contribution in [3.05, 3.63) is 48.6 Å². The third-order valence-corrected chi connectivity index (χ3v) is 1.14. The predicted octanol–water partition coefficient (Wildman–Crippen LogP) is 3.34. The van der Waals surface area contributed by atoms with Gasteiger partial charge in [0.05, 0.1) is 0 Å². The molecule has 0 unspecified atom stereocenters. The van der Waals surface area contributed by atoms with Gasteiger partial charge < -0.3 is 5.11 Å². The van der Waals surface area contributed by atoms with Crippen LogP contribution in [0.1, 0.15) is 20.8 Å². The molecule has 0 aromatic carbocycles. The zero-order valence-corrected chi connectivity index (χ0v) is 9.03. The highest BCUT2D eigenvalue weighted by atomic mass is 16.4. The minimum atomic E-state index is -0.955. The molecular formula is C12H18O2. The van der Waals surface area contributed by atoms with E-state index in [1.807, 2.05) is 32.9 Å². The van der Waals surface area contributed by atoms with Crippen molar-refractivity contribution < 1.29 is 9.90 Å². The predicted molar refractivity (Wildman–Crippen MR) is 61.2 cm³/mol. The normalized spacial score (nSPS) is 11.2. The summed E-state index contributed by atoms with van der Waals surface area (Å²) in [5.74, 6) is -0.955. The zero-order chi connectivity index (χ0) is 11.4. The second-order valence-corrected chi connectivity index (χ2v) is 2.07. The maximum Gasteiger partial charge on any atom is 0.328 e. The highest BCUT2D eigenvalue weighted by Gasteiger charge is 1.86. The SMILES string of the molecule is C=CC(/C=C/C(=O)O)=C\C=C/C.CC. The van der Waals surface area contributed by atoms with Gasteiger partial charge in [-0.15, -0.1) is 0 Å².